The third-order valence-electron chi connectivity index (χ3n) is 2.63. The van der Waals surface area contributed by atoms with Crippen molar-refractivity contribution in [1.29, 1.82) is 0 Å². The van der Waals surface area contributed by atoms with Gasteiger partial charge in [0.1, 0.15) is 11.8 Å². The number of rotatable bonds is 4. The van der Waals surface area contributed by atoms with Gasteiger partial charge in [0.2, 0.25) is 0 Å². The molecule has 2 heterocycles. The second-order valence-electron chi connectivity index (χ2n) is 3.54. The Morgan fingerprint density at radius 3 is 3.00 bits per heavy atom. The first-order chi connectivity index (χ1) is 7.86. The summed E-state index contributed by atoms with van der Waals surface area (Å²) in [5.41, 5.74) is 5.05. The Hall–Kier alpha value is -1.65. The van der Waals surface area contributed by atoms with Crippen molar-refractivity contribution in [3.05, 3.63) is 53.7 Å². The monoisotopic (exact) mass is 217 g/mol. The van der Waals surface area contributed by atoms with Gasteiger partial charge in [-0.3, -0.25) is 10.8 Å². The maximum Gasteiger partial charge on any atom is 0.126 e. The Morgan fingerprint density at radius 2 is 2.38 bits per heavy atom. The molecule has 0 fully saturated rings. The first kappa shape index (κ1) is 10.9. The molecule has 1 atom stereocenters. The zero-order valence-electron chi connectivity index (χ0n) is 9.18. The first-order valence-electron chi connectivity index (χ1n) is 5.29. The minimum absolute atomic E-state index is 0.118. The summed E-state index contributed by atoms with van der Waals surface area (Å²) >= 11 is 0. The van der Waals surface area contributed by atoms with Crippen LogP contribution in [0.4, 0.5) is 0 Å². The fourth-order valence-corrected chi connectivity index (χ4v) is 1.80. The van der Waals surface area contributed by atoms with Gasteiger partial charge < -0.3 is 4.42 Å². The number of aromatic nitrogens is 1. The Morgan fingerprint density at radius 1 is 1.50 bits per heavy atom. The number of nitrogens with two attached hydrogens (primary N) is 1. The third-order valence-corrected chi connectivity index (χ3v) is 2.63. The summed E-state index contributed by atoms with van der Waals surface area (Å²) in [6, 6.07) is 5.61. The normalized spacial score (nSPS) is 12.6. The molecule has 0 spiro atoms. The van der Waals surface area contributed by atoms with Gasteiger partial charge in [-0.05, 0) is 35.7 Å². The summed E-state index contributed by atoms with van der Waals surface area (Å²) in [4.78, 5) is 4.11. The van der Waals surface area contributed by atoms with Crippen molar-refractivity contribution in [3.63, 3.8) is 0 Å². The van der Waals surface area contributed by atoms with Crippen LogP contribution in [0.1, 0.15) is 29.9 Å². The maximum atomic E-state index is 5.59. The van der Waals surface area contributed by atoms with Crippen LogP contribution in [0.25, 0.3) is 0 Å². The van der Waals surface area contributed by atoms with Crippen LogP contribution >= 0.6 is 0 Å². The molecule has 0 saturated heterocycles. The molecule has 2 aromatic rings. The Bertz CT molecular complexity index is 439. The SMILES string of the molecule is CCc1cnccc1C(NN)c1ccco1. The highest BCUT2D eigenvalue weighted by Gasteiger charge is 2.17. The molecule has 3 N–H and O–H groups in total. The van der Waals surface area contributed by atoms with Gasteiger partial charge in [-0.1, -0.05) is 6.92 Å². The van der Waals surface area contributed by atoms with Crippen LogP contribution < -0.4 is 11.3 Å². The number of nitrogens with zero attached hydrogens (tertiary/aromatic N) is 1. The minimum Gasteiger partial charge on any atom is -0.467 e. The molecule has 0 aromatic carbocycles. The van der Waals surface area contributed by atoms with E-state index in [0.717, 1.165) is 17.7 Å². The fraction of sp³-hybridized carbons (Fsp3) is 0.250. The van der Waals surface area contributed by atoms with Crippen LogP contribution in [0.2, 0.25) is 0 Å². The first-order valence-corrected chi connectivity index (χ1v) is 5.29. The van der Waals surface area contributed by atoms with Gasteiger partial charge in [-0.15, -0.1) is 0 Å². The zero-order valence-corrected chi connectivity index (χ0v) is 9.18. The predicted octanol–water partition coefficient (Wildman–Crippen LogP) is 1.79. The lowest BCUT2D eigenvalue weighted by atomic mass is 10.00. The molecule has 0 aliphatic carbocycles. The highest BCUT2D eigenvalue weighted by Crippen LogP contribution is 2.24. The van der Waals surface area contributed by atoms with E-state index in [1.165, 1.54) is 5.56 Å². The van der Waals surface area contributed by atoms with E-state index in [2.05, 4.69) is 17.3 Å². The molecule has 0 radical (unpaired) electrons. The smallest absolute Gasteiger partial charge is 0.126 e. The Labute approximate surface area is 94.5 Å². The van der Waals surface area contributed by atoms with Crippen LogP contribution in [-0.4, -0.2) is 4.98 Å². The van der Waals surface area contributed by atoms with E-state index in [4.69, 9.17) is 10.3 Å². The number of pyridine rings is 1. The highest BCUT2D eigenvalue weighted by atomic mass is 16.3. The maximum absolute atomic E-state index is 5.59. The number of hydrazine groups is 1. The van der Waals surface area contributed by atoms with E-state index < -0.39 is 0 Å². The summed E-state index contributed by atoms with van der Waals surface area (Å²) in [7, 11) is 0. The largest absolute Gasteiger partial charge is 0.467 e. The van der Waals surface area contributed by atoms with E-state index in [1.54, 1.807) is 12.5 Å². The molecule has 2 rings (SSSR count). The number of aryl methyl sites for hydroxylation is 1. The molecule has 2 aromatic heterocycles. The van der Waals surface area contributed by atoms with E-state index in [0.29, 0.717) is 0 Å². The van der Waals surface area contributed by atoms with Crippen LogP contribution in [0.3, 0.4) is 0 Å². The van der Waals surface area contributed by atoms with Crippen LogP contribution in [0.5, 0.6) is 0 Å². The van der Waals surface area contributed by atoms with Crippen molar-refractivity contribution in [2.24, 2.45) is 5.84 Å². The van der Waals surface area contributed by atoms with Crippen LogP contribution in [0.15, 0.2) is 41.3 Å². The predicted molar refractivity (Wildman–Crippen MR) is 61.5 cm³/mol. The lowest BCUT2D eigenvalue weighted by Gasteiger charge is -2.16. The molecule has 0 bridgehead atoms. The van der Waals surface area contributed by atoms with Crippen molar-refractivity contribution >= 4 is 0 Å². The van der Waals surface area contributed by atoms with E-state index in [9.17, 15) is 0 Å². The molecule has 0 amide bonds. The summed E-state index contributed by atoms with van der Waals surface area (Å²) in [5, 5.41) is 0. The van der Waals surface area contributed by atoms with Gasteiger partial charge >= 0.3 is 0 Å². The molecular formula is C12H15N3O. The van der Waals surface area contributed by atoms with Crippen molar-refractivity contribution in [1.82, 2.24) is 10.4 Å². The highest BCUT2D eigenvalue weighted by molar-refractivity contribution is 5.31. The van der Waals surface area contributed by atoms with E-state index in [-0.39, 0.29) is 6.04 Å². The van der Waals surface area contributed by atoms with Crippen molar-refractivity contribution in [2.75, 3.05) is 0 Å². The summed E-state index contributed by atoms with van der Waals surface area (Å²) in [6.45, 7) is 2.09. The summed E-state index contributed by atoms with van der Waals surface area (Å²) in [6.07, 6.45) is 6.19. The van der Waals surface area contributed by atoms with Crippen molar-refractivity contribution in [3.8, 4) is 0 Å². The molecule has 84 valence electrons. The molecule has 1 unspecified atom stereocenters. The Balaban J connectivity index is 2.41. The molecule has 0 aliphatic rings. The topological polar surface area (TPSA) is 64.1 Å². The lowest BCUT2D eigenvalue weighted by molar-refractivity contribution is 0.450. The minimum atomic E-state index is -0.118. The van der Waals surface area contributed by atoms with Gasteiger partial charge in [0.15, 0.2) is 0 Å². The standard InChI is InChI=1S/C12H15N3O/c1-2-9-8-14-6-5-10(9)12(15-13)11-4-3-7-16-11/h3-8,12,15H,2,13H2,1H3. The van der Waals surface area contributed by atoms with Crippen LogP contribution in [0, 0.1) is 0 Å². The van der Waals surface area contributed by atoms with Gasteiger partial charge in [0.05, 0.1) is 6.26 Å². The summed E-state index contributed by atoms with van der Waals surface area (Å²) < 4.78 is 5.38. The molecule has 4 nitrogen and oxygen atoms in total. The lowest BCUT2D eigenvalue weighted by Crippen LogP contribution is -2.29. The van der Waals surface area contributed by atoms with E-state index in [1.807, 2.05) is 24.4 Å². The molecule has 16 heavy (non-hydrogen) atoms. The van der Waals surface area contributed by atoms with Gasteiger partial charge in [-0.2, -0.15) is 0 Å². The third kappa shape index (κ3) is 1.98. The molecular weight excluding hydrogens is 202 g/mol. The van der Waals surface area contributed by atoms with Crippen molar-refractivity contribution in [2.45, 2.75) is 19.4 Å². The van der Waals surface area contributed by atoms with E-state index >= 15 is 0 Å². The quantitative estimate of drug-likeness (QED) is 0.605. The van der Waals surface area contributed by atoms with Gasteiger partial charge in [-0.25, -0.2) is 5.43 Å². The molecule has 0 aliphatic heterocycles. The average Bonchev–Trinajstić information content (AvgIpc) is 2.84. The fourth-order valence-electron chi connectivity index (χ4n) is 1.80. The number of furan rings is 1. The number of hydrogen-bond acceptors (Lipinski definition) is 4. The zero-order chi connectivity index (χ0) is 11.4. The van der Waals surface area contributed by atoms with Gasteiger partial charge in [0.25, 0.3) is 0 Å². The number of hydrogen-bond donors (Lipinski definition) is 2. The van der Waals surface area contributed by atoms with Gasteiger partial charge in [0, 0.05) is 12.4 Å². The second kappa shape index (κ2) is 4.92. The van der Waals surface area contributed by atoms with Crippen LogP contribution in [-0.2, 0) is 6.42 Å². The van der Waals surface area contributed by atoms with Crippen molar-refractivity contribution < 1.29 is 4.42 Å². The molecule has 4 heteroatoms. The number of nitrogens with one attached hydrogen (secondary N) is 1. The Kier molecular flexibility index (Phi) is 3.34. The summed E-state index contributed by atoms with van der Waals surface area (Å²) in [5.74, 6) is 6.40. The second-order valence-corrected chi connectivity index (χ2v) is 3.54. The average molecular weight is 217 g/mol. The molecule has 0 saturated carbocycles.